The fourth-order valence-electron chi connectivity index (χ4n) is 2.12. The van der Waals surface area contributed by atoms with Gasteiger partial charge >= 0.3 is 0 Å². The summed E-state index contributed by atoms with van der Waals surface area (Å²) in [4.78, 5) is 3.74. The van der Waals surface area contributed by atoms with E-state index >= 15 is 0 Å². The maximum absolute atomic E-state index is 12.1. The molecule has 2 unspecified atom stereocenters. The molecular weight excluding hydrogens is 266 g/mol. The molecule has 0 bridgehead atoms. The second-order valence-electron chi connectivity index (χ2n) is 4.57. The van der Waals surface area contributed by atoms with Crippen LogP contribution >= 0.6 is 0 Å². The third-order valence-corrected chi connectivity index (χ3v) is 4.67. The van der Waals surface area contributed by atoms with Crippen LogP contribution in [-0.4, -0.2) is 30.7 Å². The molecule has 1 aliphatic rings. The van der Waals surface area contributed by atoms with Gasteiger partial charge in [-0.25, -0.2) is 18.1 Å². The van der Waals surface area contributed by atoms with Crippen molar-refractivity contribution in [1.29, 1.82) is 5.26 Å². The Morgan fingerprint density at radius 3 is 2.68 bits per heavy atom. The molecule has 0 saturated heterocycles. The van der Waals surface area contributed by atoms with Gasteiger partial charge in [-0.05, 0) is 25.0 Å². The number of nitriles is 1. The van der Waals surface area contributed by atoms with E-state index in [0.29, 0.717) is 12.8 Å². The van der Waals surface area contributed by atoms with Crippen LogP contribution in [-0.2, 0) is 10.0 Å². The molecule has 1 aromatic heterocycles. The molecule has 1 aliphatic carbocycles. The van der Waals surface area contributed by atoms with Crippen molar-refractivity contribution in [1.82, 2.24) is 9.71 Å². The first-order chi connectivity index (χ1) is 9.03. The van der Waals surface area contributed by atoms with Crippen molar-refractivity contribution in [2.75, 3.05) is 0 Å². The Bertz CT molecular complexity index is 577. The number of sulfonamides is 1. The fraction of sp³-hybridized carbons (Fsp3) is 0.500. The fourth-order valence-corrected chi connectivity index (χ4v) is 3.37. The molecule has 0 aromatic carbocycles. The molecular formula is C12H15N3O3S. The smallest absolute Gasteiger partial charge is 0.242 e. The summed E-state index contributed by atoms with van der Waals surface area (Å²) in [6, 6.07) is 4.07. The number of aromatic nitrogens is 1. The molecule has 102 valence electrons. The number of hydrogen-bond donors (Lipinski definition) is 2. The molecule has 7 heteroatoms. The van der Waals surface area contributed by atoms with Crippen molar-refractivity contribution in [2.45, 2.75) is 42.7 Å². The van der Waals surface area contributed by atoms with Crippen LogP contribution in [0.1, 0.15) is 31.4 Å². The first-order valence-corrected chi connectivity index (χ1v) is 7.58. The summed E-state index contributed by atoms with van der Waals surface area (Å²) in [5, 5.41) is 18.4. The summed E-state index contributed by atoms with van der Waals surface area (Å²) in [5.74, 6) is 0. The molecule has 2 rings (SSSR count). The largest absolute Gasteiger partial charge is 0.391 e. The van der Waals surface area contributed by atoms with Crippen molar-refractivity contribution >= 4 is 10.0 Å². The van der Waals surface area contributed by atoms with Gasteiger partial charge < -0.3 is 5.11 Å². The lowest BCUT2D eigenvalue weighted by molar-refractivity contribution is 0.101. The van der Waals surface area contributed by atoms with Crippen LogP contribution in [0.2, 0.25) is 0 Å². The van der Waals surface area contributed by atoms with Gasteiger partial charge in [0.25, 0.3) is 0 Å². The molecule has 6 nitrogen and oxygen atoms in total. The highest BCUT2D eigenvalue weighted by atomic mass is 32.2. The lowest BCUT2D eigenvalue weighted by Gasteiger charge is -2.27. The van der Waals surface area contributed by atoms with Gasteiger partial charge in [-0.1, -0.05) is 12.8 Å². The van der Waals surface area contributed by atoms with Gasteiger partial charge in [-0.15, -0.1) is 0 Å². The van der Waals surface area contributed by atoms with Crippen LogP contribution < -0.4 is 4.72 Å². The summed E-state index contributed by atoms with van der Waals surface area (Å²) in [5.41, 5.74) is 0.164. The quantitative estimate of drug-likeness (QED) is 0.841. The Balaban J connectivity index is 2.15. The standard InChI is InChI=1S/C12H15N3O3S/c13-7-9-5-6-10(8-14-9)19(17,18)15-11-3-1-2-4-12(11)16/h5-6,8,11-12,15-16H,1-4H2. The number of aliphatic hydroxyl groups is 1. The molecule has 19 heavy (non-hydrogen) atoms. The molecule has 0 spiro atoms. The van der Waals surface area contributed by atoms with E-state index in [4.69, 9.17) is 5.26 Å². The zero-order chi connectivity index (χ0) is 13.9. The monoisotopic (exact) mass is 281 g/mol. The van der Waals surface area contributed by atoms with Crippen LogP contribution in [0, 0.1) is 11.3 Å². The van der Waals surface area contributed by atoms with Crippen molar-refractivity contribution in [3.63, 3.8) is 0 Å². The Morgan fingerprint density at radius 1 is 1.37 bits per heavy atom. The van der Waals surface area contributed by atoms with Crippen LogP contribution in [0.4, 0.5) is 0 Å². The molecule has 0 radical (unpaired) electrons. The number of nitrogens with one attached hydrogen (secondary N) is 1. The summed E-state index contributed by atoms with van der Waals surface area (Å²) in [6.07, 6.45) is 3.56. The lowest BCUT2D eigenvalue weighted by atomic mass is 9.93. The highest BCUT2D eigenvalue weighted by Gasteiger charge is 2.28. The van der Waals surface area contributed by atoms with Gasteiger partial charge in [-0.2, -0.15) is 5.26 Å². The number of hydrogen-bond acceptors (Lipinski definition) is 5. The highest BCUT2D eigenvalue weighted by Crippen LogP contribution is 2.20. The zero-order valence-corrected chi connectivity index (χ0v) is 11.1. The first-order valence-electron chi connectivity index (χ1n) is 6.09. The van der Waals surface area contributed by atoms with Crippen LogP contribution in [0.25, 0.3) is 0 Å². The minimum atomic E-state index is -3.70. The number of nitrogens with zero attached hydrogens (tertiary/aromatic N) is 2. The van der Waals surface area contributed by atoms with Crippen molar-refractivity contribution in [3.8, 4) is 6.07 Å². The summed E-state index contributed by atoms with van der Waals surface area (Å²) >= 11 is 0. The Hall–Kier alpha value is -1.49. The summed E-state index contributed by atoms with van der Waals surface area (Å²) in [6.45, 7) is 0. The van der Waals surface area contributed by atoms with E-state index < -0.39 is 22.2 Å². The van der Waals surface area contributed by atoms with E-state index in [-0.39, 0.29) is 10.6 Å². The number of pyridine rings is 1. The topological polar surface area (TPSA) is 103 Å². The van der Waals surface area contributed by atoms with Gasteiger partial charge in [0.05, 0.1) is 6.10 Å². The highest BCUT2D eigenvalue weighted by molar-refractivity contribution is 7.89. The maximum atomic E-state index is 12.1. The summed E-state index contributed by atoms with van der Waals surface area (Å²) in [7, 11) is -3.70. The Morgan fingerprint density at radius 2 is 2.11 bits per heavy atom. The van der Waals surface area contributed by atoms with E-state index in [2.05, 4.69) is 9.71 Å². The van der Waals surface area contributed by atoms with Crippen LogP contribution in [0.15, 0.2) is 23.2 Å². The van der Waals surface area contributed by atoms with Crippen molar-refractivity contribution < 1.29 is 13.5 Å². The van der Waals surface area contributed by atoms with Gasteiger partial charge in [0.2, 0.25) is 10.0 Å². The average molecular weight is 281 g/mol. The third kappa shape index (κ3) is 3.29. The Labute approximate surface area is 112 Å². The van der Waals surface area contributed by atoms with Gasteiger partial charge in [0.15, 0.2) is 0 Å². The molecule has 0 aliphatic heterocycles. The maximum Gasteiger partial charge on any atom is 0.242 e. The molecule has 1 heterocycles. The number of rotatable bonds is 3. The van der Waals surface area contributed by atoms with Crippen LogP contribution in [0.3, 0.4) is 0 Å². The first kappa shape index (κ1) is 13.9. The van der Waals surface area contributed by atoms with Gasteiger partial charge in [0.1, 0.15) is 16.7 Å². The normalized spacial score (nSPS) is 23.8. The SMILES string of the molecule is N#Cc1ccc(S(=O)(=O)NC2CCCCC2O)cn1. The molecule has 0 amide bonds. The molecule has 1 aromatic rings. The molecule has 2 N–H and O–H groups in total. The van der Waals surface area contributed by atoms with Crippen molar-refractivity contribution in [3.05, 3.63) is 24.0 Å². The van der Waals surface area contributed by atoms with E-state index in [1.807, 2.05) is 6.07 Å². The van der Waals surface area contributed by atoms with E-state index in [1.54, 1.807) is 0 Å². The third-order valence-electron chi connectivity index (χ3n) is 3.20. The minimum Gasteiger partial charge on any atom is -0.391 e. The molecule has 2 atom stereocenters. The second kappa shape index (κ2) is 5.65. The zero-order valence-electron chi connectivity index (χ0n) is 10.3. The van der Waals surface area contributed by atoms with Crippen LogP contribution in [0.5, 0.6) is 0 Å². The van der Waals surface area contributed by atoms with Crippen molar-refractivity contribution in [2.24, 2.45) is 0 Å². The van der Waals surface area contributed by atoms with E-state index in [9.17, 15) is 13.5 Å². The number of aliphatic hydroxyl groups excluding tert-OH is 1. The minimum absolute atomic E-state index is 0.00396. The van der Waals surface area contributed by atoms with Gasteiger partial charge in [0, 0.05) is 12.2 Å². The van der Waals surface area contributed by atoms with Gasteiger partial charge in [-0.3, -0.25) is 0 Å². The molecule has 1 fully saturated rings. The predicted molar refractivity (Wildman–Crippen MR) is 67.5 cm³/mol. The predicted octanol–water partition coefficient (Wildman–Crippen LogP) is 0.535. The summed E-state index contributed by atoms with van der Waals surface area (Å²) < 4.78 is 26.7. The van der Waals surface area contributed by atoms with E-state index in [0.717, 1.165) is 19.0 Å². The lowest BCUT2D eigenvalue weighted by Crippen LogP contribution is -2.44. The Kier molecular flexibility index (Phi) is 4.14. The second-order valence-corrected chi connectivity index (χ2v) is 6.28. The van der Waals surface area contributed by atoms with E-state index in [1.165, 1.54) is 12.1 Å². The average Bonchev–Trinajstić information content (AvgIpc) is 2.41. The molecule has 1 saturated carbocycles.